The maximum Gasteiger partial charge on any atom is 0.143 e. The van der Waals surface area contributed by atoms with Crippen LogP contribution in [0.25, 0.3) is 22.1 Å². The first kappa shape index (κ1) is 19.2. The smallest absolute Gasteiger partial charge is 0.143 e. The number of aryl methyl sites for hydroxylation is 2. The molecule has 0 amide bonds. The highest BCUT2D eigenvalue weighted by Gasteiger charge is 2.11. The van der Waals surface area contributed by atoms with Gasteiger partial charge in [-0.15, -0.1) is 0 Å². The maximum absolute atomic E-state index is 5.83. The van der Waals surface area contributed by atoms with Crippen LogP contribution < -0.4 is 5.32 Å². The molecule has 4 aromatic heterocycles. The van der Waals surface area contributed by atoms with Crippen LogP contribution in [0.15, 0.2) is 48.2 Å². The van der Waals surface area contributed by atoms with Crippen molar-refractivity contribution in [3.8, 4) is 0 Å². The molecular weight excluding hydrogens is 412 g/mol. The van der Waals surface area contributed by atoms with Crippen LogP contribution in [0.3, 0.4) is 0 Å². The highest BCUT2D eigenvalue weighted by Crippen LogP contribution is 2.27. The quantitative estimate of drug-likeness (QED) is 0.346. The van der Waals surface area contributed by atoms with E-state index in [1.54, 1.807) is 6.33 Å². The Balaban J connectivity index is 0.000000157. The van der Waals surface area contributed by atoms with E-state index in [1.165, 1.54) is 17.5 Å². The van der Waals surface area contributed by atoms with Crippen molar-refractivity contribution in [3.05, 3.63) is 70.7 Å². The van der Waals surface area contributed by atoms with Crippen molar-refractivity contribution < 1.29 is 0 Å². The average molecular weight is 431 g/mol. The van der Waals surface area contributed by atoms with E-state index < -0.39 is 0 Å². The number of aliphatic imine (C=N–C) groups is 1. The summed E-state index contributed by atoms with van der Waals surface area (Å²) in [4.78, 5) is 26.9. The second kappa shape index (κ2) is 7.81. The normalized spacial score (nSPS) is 12.1. The molecule has 1 aliphatic rings. The number of benzene rings is 1. The predicted molar refractivity (Wildman–Crippen MR) is 123 cm³/mol. The summed E-state index contributed by atoms with van der Waals surface area (Å²) in [5.41, 5.74) is 7.30. The third-order valence-corrected chi connectivity index (χ3v) is 5.47. The molecule has 0 unspecified atom stereocenters. The molecule has 5 heterocycles. The Bertz CT molecular complexity index is 1430. The highest BCUT2D eigenvalue weighted by atomic mass is 35.5. The molecule has 3 N–H and O–H groups in total. The number of nitrogens with zero attached hydrogens (tertiary/aromatic N) is 5. The van der Waals surface area contributed by atoms with E-state index in [-0.39, 0.29) is 0 Å². The van der Waals surface area contributed by atoms with Crippen molar-refractivity contribution in [2.24, 2.45) is 4.99 Å². The lowest BCUT2D eigenvalue weighted by Crippen LogP contribution is -1.97. The van der Waals surface area contributed by atoms with Crippen molar-refractivity contribution >= 4 is 51.4 Å². The topological polar surface area (TPSA) is 108 Å². The van der Waals surface area contributed by atoms with Gasteiger partial charge in [-0.1, -0.05) is 17.7 Å². The summed E-state index contributed by atoms with van der Waals surface area (Å²) in [5.74, 6) is 0.823. The number of halogens is 1. The Morgan fingerprint density at radius 1 is 0.903 bits per heavy atom. The summed E-state index contributed by atoms with van der Waals surface area (Å²) >= 11 is 5.83. The second-order valence-corrected chi connectivity index (χ2v) is 7.64. The van der Waals surface area contributed by atoms with Crippen LogP contribution in [0.2, 0.25) is 5.15 Å². The summed E-state index contributed by atoms with van der Waals surface area (Å²) in [5, 5.41) is 5.82. The number of aromatic amines is 2. The van der Waals surface area contributed by atoms with Crippen LogP contribution in [0.5, 0.6) is 0 Å². The van der Waals surface area contributed by atoms with Gasteiger partial charge in [-0.3, -0.25) is 4.99 Å². The molecule has 0 atom stereocenters. The molecule has 6 rings (SSSR count). The first-order chi connectivity index (χ1) is 15.1. The summed E-state index contributed by atoms with van der Waals surface area (Å²) < 4.78 is 0. The minimum atomic E-state index is 0.508. The van der Waals surface area contributed by atoms with Crippen molar-refractivity contribution in [1.82, 2.24) is 29.9 Å². The number of aromatic nitrogens is 6. The van der Waals surface area contributed by atoms with Gasteiger partial charge in [0.1, 0.15) is 34.9 Å². The van der Waals surface area contributed by atoms with Gasteiger partial charge in [0, 0.05) is 24.3 Å². The van der Waals surface area contributed by atoms with E-state index in [9.17, 15) is 0 Å². The summed E-state index contributed by atoms with van der Waals surface area (Å²) in [7, 11) is 0. The molecule has 0 aliphatic carbocycles. The molecule has 1 aliphatic heterocycles. The van der Waals surface area contributed by atoms with E-state index in [1.807, 2.05) is 32.5 Å². The molecule has 0 saturated carbocycles. The molecule has 0 fully saturated rings. The molecule has 0 radical (unpaired) electrons. The number of anilines is 2. The van der Waals surface area contributed by atoms with Gasteiger partial charge in [0.25, 0.3) is 0 Å². The fraction of sp³-hybridized carbons (Fsp3) is 0.136. The van der Waals surface area contributed by atoms with E-state index >= 15 is 0 Å². The van der Waals surface area contributed by atoms with Gasteiger partial charge < -0.3 is 15.3 Å². The first-order valence-electron chi connectivity index (χ1n) is 9.73. The molecule has 0 saturated heterocycles. The van der Waals surface area contributed by atoms with Gasteiger partial charge in [-0.05, 0) is 48.2 Å². The third-order valence-electron chi connectivity index (χ3n) is 5.19. The maximum atomic E-state index is 5.83. The number of H-pyrrole nitrogens is 2. The van der Waals surface area contributed by atoms with Crippen LogP contribution in [0, 0.1) is 13.8 Å². The van der Waals surface area contributed by atoms with E-state index in [2.05, 4.69) is 58.4 Å². The molecule has 154 valence electrons. The number of hydrogen-bond donors (Lipinski definition) is 3. The van der Waals surface area contributed by atoms with Crippen LogP contribution >= 0.6 is 11.6 Å². The van der Waals surface area contributed by atoms with Crippen molar-refractivity contribution in [2.75, 3.05) is 5.32 Å². The Kier molecular flexibility index (Phi) is 4.83. The first-order valence-corrected chi connectivity index (χ1v) is 10.1. The minimum absolute atomic E-state index is 0.508. The van der Waals surface area contributed by atoms with Crippen LogP contribution in [-0.2, 0) is 6.54 Å². The van der Waals surface area contributed by atoms with Crippen molar-refractivity contribution in [3.63, 3.8) is 0 Å². The van der Waals surface area contributed by atoms with Crippen LogP contribution in [0.1, 0.15) is 22.3 Å². The summed E-state index contributed by atoms with van der Waals surface area (Å²) in [6.07, 6.45) is 8.73. The lowest BCUT2D eigenvalue weighted by molar-refractivity contribution is 1.11. The lowest BCUT2D eigenvalue weighted by atomic mass is 10.1. The largest absolute Gasteiger partial charge is 0.346 e. The molecule has 1 aromatic carbocycles. The monoisotopic (exact) mass is 430 g/mol. The predicted octanol–water partition coefficient (Wildman–Crippen LogP) is 4.86. The van der Waals surface area contributed by atoms with Gasteiger partial charge in [-0.2, -0.15) is 0 Å². The lowest BCUT2D eigenvalue weighted by Gasteiger charge is -2.08. The molecule has 0 spiro atoms. The number of hydrogen-bond acceptors (Lipinski definition) is 6. The Morgan fingerprint density at radius 3 is 2.39 bits per heavy atom. The fourth-order valence-corrected chi connectivity index (χ4v) is 3.88. The van der Waals surface area contributed by atoms with E-state index in [0.717, 1.165) is 51.2 Å². The van der Waals surface area contributed by atoms with Crippen molar-refractivity contribution in [1.29, 1.82) is 0 Å². The number of fused-ring (bicyclic) bond motifs is 3. The summed E-state index contributed by atoms with van der Waals surface area (Å²) in [6.45, 7) is 4.79. The molecule has 9 heteroatoms. The average Bonchev–Trinajstić information content (AvgIpc) is 3.48. The molecule has 31 heavy (non-hydrogen) atoms. The molecule has 5 aromatic rings. The van der Waals surface area contributed by atoms with E-state index in [0.29, 0.717) is 5.15 Å². The second-order valence-electron chi connectivity index (χ2n) is 7.29. The van der Waals surface area contributed by atoms with Crippen molar-refractivity contribution in [2.45, 2.75) is 20.4 Å². The molecule has 0 bridgehead atoms. The zero-order valence-electron chi connectivity index (χ0n) is 16.9. The third kappa shape index (κ3) is 3.62. The van der Waals surface area contributed by atoms with Crippen LogP contribution in [0.4, 0.5) is 11.5 Å². The van der Waals surface area contributed by atoms with Gasteiger partial charge in [0.05, 0.1) is 17.3 Å². The zero-order valence-corrected chi connectivity index (χ0v) is 17.7. The number of rotatable bonds is 2. The van der Waals surface area contributed by atoms with Gasteiger partial charge in [0.15, 0.2) is 0 Å². The molecule has 8 nitrogen and oxygen atoms in total. The summed E-state index contributed by atoms with van der Waals surface area (Å²) in [6, 6.07) is 6.26. The number of nitrogens with one attached hydrogen (secondary N) is 3. The van der Waals surface area contributed by atoms with Gasteiger partial charge in [-0.25, -0.2) is 19.9 Å². The van der Waals surface area contributed by atoms with E-state index in [4.69, 9.17) is 11.6 Å². The Hall–Kier alpha value is -3.78. The van der Waals surface area contributed by atoms with Gasteiger partial charge >= 0.3 is 0 Å². The Morgan fingerprint density at radius 2 is 1.61 bits per heavy atom. The fourth-order valence-electron chi connectivity index (χ4n) is 3.60. The highest BCUT2D eigenvalue weighted by molar-refractivity contribution is 6.34. The Labute approximate surface area is 182 Å². The standard InChI is InChI=1S/C15H13N5.C7H6ClN3/c1-9-5-17-14-13(9)15(19-8-18-14)20-12-3-2-10-6-16-7-11(10)4-12;1-4-2-9-7-5(4)6(8)10-3-11-7/h2-5,7-8H,6H2,1H3,(H2,17,18,19,20);2-3H,1H3,(H,9,10,11). The van der Waals surface area contributed by atoms with Crippen LogP contribution in [-0.4, -0.2) is 36.1 Å². The minimum Gasteiger partial charge on any atom is -0.346 e. The van der Waals surface area contributed by atoms with Gasteiger partial charge in [0.2, 0.25) is 0 Å². The SMILES string of the molecule is Cc1c[nH]c2ncnc(Cl)c12.Cc1c[nH]c2ncnc(Nc3ccc4c(c3)C=NC4)c12. The zero-order chi connectivity index (χ0) is 21.4. The molecular formula is C22H19ClN8.